The van der Waals surface area contributed by atoms with Crippen molar-refractivity contribution in [3.63, 3.8) is 0 Å². The minimum atomic E-state index is -0.463. The molecule has 0 radical (unpaired) electrons. The second-order valence-electron chi connectivity index (χ2n) is 3.48. The van der Waals surface area contributed by atoms with Crippen molar-refractivity contribution in [2.45, 2.75) is 11.8 Å². The van der Waals surface area contributed by atoms with E-state index in [1.165, 1.54) is 6.39 Å². The molecule has 18 heavy (non-hydrogen) atoms. The molecule has 1 heterocycles. The van der Waals surface area contributed by atoms with Gasteiger partial charge >= 0.3 is 5.97 Å². The smallest absolute Gasteiger partial charge is 0.360 e. The van der Waals surface area contributed by atoms with Gasteiger partial charge in [-0.3, -0.25) is 0 Å². The number of carbonyl (C=O) groups is 1. The molecule has 0 saturated carbocycles. The molecule has 1 aromatic heterocycles. The molecule has 0 aliphatic carbocycles. The first-order valence-electron chi connectivity index (χ1n) is 5.51. The average Bonchev–Trinajstić information content (AvgIpc) is 2.88. The number of oxazole rings is 1. The molecule has 0 atom stereocenters. The number of aromatic nitrogens is 1. The first-order valence-corrected chi connectivity index (χ1v) is 6.73. The van der Waals surface area contributed by atoms with E-state index in [1.807, 2.05) is 30.5 Å². The van der Waals surface area contributed by atoms with Crippen molar-refractivity contribution < 1.29 is 13.9 Å². The first-order chi connectivity index (χ1) is 8.76. The maximum Gasteiger partial charge on any atom is 0.360 e. The van der Waals surface area contributed by atoms with Crippen LogP contribution in [0.25, 0.3) is 11.3 Å². The molecule has 94 valence electrons. The van der Waals surface area contributed by atoms with Crippen LogP contribution >= 0.6 is 11.8 Å². The lowest BCUT2D eigenvalue weighted by Crippen LogP contribution is -2.06. The van der Waals surface area contributed by atoms with Gasteiger partial charge in [0.25, 0.3) is 0 Å². The second kappa shape index (κ2) is 5.73. The van der Waals surface area contributed by atoms with Crippen molar-refractivity contribution >= 4 is 17.7 Å². The Balaban J connectivity index is 2.32. The van der Waals surface area contributed by atoms with Gasteiger partial charge in [-0.05, 0) is 25.3 Å². The Kier molecular flexibility index (Phi) is 4.04. The van der Waals surface area contributed by atoms with Crippen LogP contribution in [0, 0.1) is 0 Å². The maximum absolute atomic E-state index is 11.7. The number of rotatable bonds is 4. The molecule has 2 aromatic rings. The third-order valence-electron chi connectivity index (χ3n) is 2.39. The Labute approximate surface area is 109 Å². The minimum absolute atomic E-state index is 0.216. The topological polar surface area (TPSA) is 52.3 Å². The lowest BCUT2D eigenvalue weighted by Gasteiger charge is -2.02. The van der Waals surface area contributed by atoms with Crippen LogP contribution in [0.15, 0.2) is 40.0 Å². The SMILES string of the molecule is CCOC(=O)c1ncoc1-c1ccc(SC)cc1. The van der Waals surface area contributed by atoms with Gasteiger partial charge in [-0.1, -0.05) is 12.1 Å². The molecule has 2 rings (SSSR count). The molecule has 0 spiro atoms. The number of esters is 1. The van der Waals surface area contributed by atoms with Gasteiger partial charge < -0.3 is 9.15 Å². The van der Waals surface area contributed by atoms with Gasteiger partial charge in [0.1, 0.15) is 0 Å². The third-order valence-corrected chi connectivity index (χ3v) is 3.13. The molecule has 0 amide bonds. The van der Waals surface area contributed by atoms with Gasteiger partial charge in [0.2, 0.25) is 0 Å². The van der Waals surface area contributed by atoms with Gasteiger partial charge in [0.05, 0.1) is 6.61 Å². The predicted octanol–water partition coefficient (Wildman–Crippen LogP) is 3.24. The average molecular weight is 263 g/mol. The monoisotopic (exact) mass is 263 g/mol. The van der Waals surface area contributed by atoms with E-state index in [1.54, 1.807) is 18.7 Å². The van der Waals surface area contributed by atoms with E-state index in [0.29, 0.717) is 12.4 Å². The summed E-state index contributed by atoms with van der Waals surface area (Å²) in [5.41, 5.74) is 1.03. The van der Waals surface area contributed by atoms with Crippen LogP contribution in [-0.2, 0) is 4.74 Å². The van der Waals surface area contributed by atoms with Crippen LogP contribution in [0.4, 0.5) is 0 Å². The summed E-state index contributed by atoms with van der Waals surface area (Å²) < 4.78 is 10.2. The fraction of sp³-hybridized carbons (Fsp3) is 0.231. The van der Waals surface area contributed by atoms with E-state index in [-0.39, 0.29) is 5.69 Å². The molecule has 0 unspecified atom stereocenters. The molecule has 1 aromatic carbocycles. The normalized spacial score (nSPS) is 10.3. The van der Waals surface area contributed by atoms with Crippen LogP contribution in [0.1, 0.15) is 17.4 Å². The molecular formula is C13H13NO3S. The highest BCUT2D eigenvalue weighted by atomic mass is 32.2. The number of hydrogen-bond acceptors (Lipinski definition) is 5. The number of ether oxygens (including phenoxy) is 1. The molecule has 0 bridgehead atoms. The van der Waals surface area contributed by atoms with Crippen molar-refractivity contribution in [1.82, 2.24) is 4.98 Å². The van der Waals surface area contributed by atoms with E-state index in [4.69, 9.17) is 9.15 Å². The molecule has 0 saturated heterocycles. The molecule has 5 heteroatoms. The van der Waals surface area contributed by atoms with Crippen LogP contribution in [0.3, 0.4) is 0 Å². The number of benzene rings is 1. The Bertz CT molecular complexity index is 533. The first kappa shape index (κ1) is 12.7. The van der Waals surface area contributed by atoms with Crippen molar-refractivity contribution in [1.29, 1.82) is 0 Å². The molecule has 0 fully saturated rings. The second-order valence-corrected chi connectivity index (χ2v) is 4.36. The van der Waals surface area contributed by atoms with E-state index in [2.05, 4.69) is 4.98 Å². The Morgan fingerprint density at radius 3 is 2.72 bits per heavy atom. The Hall–Kier alpha value is -1.75. The Morgan fingerprint density at radius 2 is 2.11 bits per heavy atom. The van der Waals surface area contributed by atoms with E-state index in [9.17, 15) is 4.79 Å². The molecule has 0 N–H and O–H groups in total. The third kappa shape index (κ3) is 2.56. The number of hydrogen-bond donors (Lipinski definition) is 0. The zero-order chi connectivity index (χ0) is 13.0. The van der Waals surface area contributed by atoms with Crippen LogP contribution in [-0.4, -0.2) is 23.8 Å². The summed E-state index contributed by atoms with van der Waals surface area (Å²) in [5, 5.41) is 0. The zero-order valence-electron chi connectivity index (χ0n) is 10.2. The van der Waals surface area contributed by atoms with E-state index >= 15 is 0 Å². The molecular weight excluding hydrogens is 250 g/mol. The van der Waals surface area contributed by atoms with Crippen LogP contribution < -0.4 is 0 Å². The van der Waals surface area contributed by atoms with E-state index in [0.717, 1.165) is 10.5 Å². The van der Waals surface area contributed by atoms with Gasteiger partial charge in [0, 0.05) is 10.5 Å². The van der Waals surface area contributed by atoms with E-state index < -0.39 is 5.97 Å². The highest BCUT2D eigenvalue weighted by molar-refractivity contribution is 7.98. The largest absolute Gasteiger partial charge is 0.461 e. The summed E-state index contributed by atoms with van der Waals surface area (Å²) in [4.78, 5) is 16.7. The number of carbonyl (C=O) groups excluding carboxylic acids is 1. The molecule has 0 aliphatic heterocycles. The standard InChI is InChI=1S/C13H13NO3S/c1-3-16-13(15)11-12(17-8-14-11)9-4-6-10(18-2)7-5-9/h4-8H,3H2,1-2H3. The predicted molar refractivity (Wildman–Crippen MR) is 69.7 cm³/mol. The fourth-order valence-electron chi connectivity index (χ4n) is 1.54. The minimum Gasteiger partial charge on any atom is -0.461 e. The molecule has 4 nitrogen and oxygen atoms in total. The van der Waals surface area contributed by atoms with Crippen molar-refractivity contribution in [2.75, 3.05) is 12.9 Å². The van der Waals surface area contributed by atoms with Crippen LogP contribution in [0.2, 0.25) is 0 Å². The van der Waals surface area contributed by atoms with Crippen molar-refractivity contribution in [3.8, 4) is 11.3 Å². The Morgan fingerprint density at radius 1 is 1.39 bits per heavy atom. The summed E-state index contributed by atoms with van der Waals surface area (Å²) >= 11 is 1.66. The lowest BCUT2D eigenvalue weighted by atomic mass is 10.1. The van der Waals surface area contributed by atoms with Crippen molar-refractivity contribution in [3.05, 3.63) is 36.4 Å². The summed E-state index contributed by atoms with van der Waals surface area (Å²) in [6.45, 7) is 2.07. The maximum atomic E-state index is 11.7. The van der Waals surface area contributed by atoms with Crippen molar-refractivity contribution in [2.24, 2.45) is 0 Å². The number of nitrogens with zero attached hydrogens (tertiary/aromatic N) is 1. The van der Waals surface area contributed by atoms with Gasteiger partial charge in [0.15, 0.2) is 17.8 Å². The van der Waals surface area contributed by atoms with Gasteiger partial charge in [-0.2, -0.15) is 0 Å². The highest BCUT2D eigenvalue weighted by Gasteiger charge is 2.19. The summed E-state index contributed by atoms with van der Waals surface area (Å²) in [5.74, 6) is -0.0173. The lowest BCUT2D eigenvalue weighted by molar-refractivity contribution is 0.0520. The quantitative estimate of drug-likeness (QED) is 0.626. The summed E-state index contributed by atoms with van der Waals surface area (Å²) in [7, 11) is 0. The highest BCUT2D eigenvalue weighted by Crippen LogP contribution is 2.26. The fourth-order valence-corrected chi connectivity index (χ4v) is 1.95. The zero-order valence-corrected chi connectivity index (χ0v) is 11.0. The summed E-state index contributed by atoms with van der Waals surface area (Å²) in [6, 6.07) is 7.74. The van der Waals surface area contributed by atoms with Gasteiger partial charge in [-0.15, -0.1) is 11.8 Å². The summed E-state index contributed by atoms with van der Waals surface area (Å²) in [6.07, 6.45) is 3.26. The molecule has 0 aliphatic rings. The van der Waals surface area contributed by atoms with Gasteiger partial charge in [-0.25, -0.2) is 9.78 Å². The van der Waals surface area contributed by atoms with Crippen LogP contribution in [0.5, 0.6) is 0 Å². The number of thioether (sulfide) groups is 1.